The van der Waals surface area contributed by atoms with Gasteiger partial charge in [0, 0.05) is 44.8 Å². The Bertz CT molecular complexity index is 1400. The number of halogens is 3. The Labute approximate surface area is 223 Å². The van der Waals surface area contributed by atoms with Crippen LogP contribution in [0.15, 0.2) is 29.7 Å². The fourth-order valence-corrected chi connectivity index (χ4v) is 6.76. The lowest BCUT2D eigenvalue weighted by Crippen LogP contribution is -2.50. The number of rotatable bonds is 7. The van der Waals surface area contributed by atoms with Crippen LogP contribution in [0.1, 0.15) is 44.6 Å². The lowest BCUT2D eigenvalue weighted by Gasteiger charge is -2.40. The van der Waals surface area contributed by atoms with E-state index in [1.165, 1.54) is 41.4 Å². The van der Waals surface area contributed by atoms with E-state index < -0.39 is 27.4 Å². The molecule has 0 saturated carbocycles. The molecule has 3 aromatic heterocycles. The molecule has 1 saturated heterocycles. The number of hydrogen-bond donors (Lipinski definition) is 2. The smallest absolute Gasteiger partial charge is 0.385 e. The lowest BCUT2D eigenvalue weighted by molar-refractivity contribution is -0.137. The number of aryl methyl sites for hydroxylation is 1. The number of sulfonamides is 1. The van der Waals surface area contributed by atoms with Crippen molar-refractivity contribution in [3.8, 4) is 10.7 Å². The second kappa shape index (κ2) is 10.2. The molecule has 3 aromatic rings. The zero-order valence-corrected chi connectivity index (χ0v) is 23.2. The van der Waals surface area contributed by atoms with Crippen LogP contribution in [0.3, 0.4) is 0 Å². The first-order valence-corrected chi connectivity index (χ1v) is 14.2. The average molecular weight is 574 g/mol. The predicted molar refractivity (Wildman–Crippen MR) is 136 cm³/mol. The maximum absolute atomic E-state index is 13.8. The normalized spacial score (nSPS) is 19.7. The minimum Gasteiger partial charge on any atom is -0.385 e. The molecule has 15 heteroatoms. The van der Waals surface area contributed by atoms with Gasteiger partial charge in [-0.05, 0) is 32.1 Å². The molecule has 38 heavy (non-hydrogen) atoms. The summed E-state index contributed by atoms with van der Waals surface area (Å²) in [7, 11) is -2.10. The maximum Gasteiger partial charge on any atom is 0.420 e. The lowest BCUT2D eigenvalue weighted by atomic mass is 9.84. The summed E-state index contributed by atoms with van der Waals surface area (Å²) in [5.74, 6) is -0.111. The van der Waals surface area contributed by atoms with Gasteiger partial charge in [-0.15, -0.1) is 11.3 Å². The van der Waals surface area contributed by atoms with Gasteiger partial charge >= 0.3 is 6.18 Å². The van der Waals surface area contributed by atoms with Crippen LogP contribution in [0, 0.1) is 11.8 Å². The van der Waals surface area contributed by atoms with Crippen LogP contribution in [0.4, 0.5) is 19.1 Å². The number of anilines is 1. The van der Waals surface area contributed by atoms with Crippen LogP contribution in [-0.2, 0) is 28.8 Å². The number of alkyl halides is 3. The van der Waals surface area contributed by atoms with Gasteiger partial charge in [-0.3, -0.25) is 4.68 Å². The molecule has 0 radical (unpaired) electrons. The molecule has 0 aromatic carbocycles. The van der Waals surface area contributed by atoms with Gasteiger partial charge in [-0.25, -0.2) is 23.4 Å². The van der Waals surface area contributed by atoms with Gasteiger partial charge in [0.1, 0.15) is 21.2 Å². The molecular formula is C23H30F3N7O3S2. The highest BCUT2D eigenvalue weighted by Gasteiger charge is 2.39. The molecule has 1 aliphatic rings. The first-order chi connectivity index (χ1) is 17.6. The summed E-state index contributed by atoms with van der Waals surface area (Å²) in [6, 6.07) is -0.275. The van der Waals surface area contributed by atoms with E-state index in [-0.39, 0.29) is 52.5 Å². The summed E-state index contributed by atoms with van der Waals surface area (Å²) >= 11 is 0.927. The van der Waals surface area contributed by atoms with Crippen LogP contribution in [-0.4, -0.2) is 61.7 Å². The second-order valence-electron chi connectivity index (χ2n) is 10.2. The molecule has 0 amide bonds. The summed E-state index contributed by atoms with van der Waals surface area (Å²) in [6.07, 6.45) is 0.515. The summed E-state index contributed by atoms with van der Waals surface area (Å²) in [6.45, 7) is 7.41. The minimum absolute atomic E-state index is 0.00720. The molecule has 0 aliphatic carbocycles. The summed E-state index contributed by atoms with van der Waals surface area (Å²) < 4.78 is 70.5. The standard InChI is InChI=1S/C23H30F3N7O3S2/c1-13(2)15-12-33(38(35,36)14-8-29-32(5)11-14)7-6-17(15)30-21-28-9-16(23(24,25)26)19(31-21)20-27-10-18(37-20)22(3,4)34/h8-11,13,15,17,34H,6-7,12H2,1-5H3,(H,28,30,31)/t15?,17-/m0/s1. The molecule has 0 spiro atoms. The van der Waals surface area contributed by atoms with Gasteiger partial charge in [0.15, 0.2) is 0 Å². The third-order valence-electron chi connectivity index (χ3n) is 6.52. The number of hydrogen-bond acceptors (Lipinski definition) is 9. The zero-order valence-electron chi connectivity index (χ0n) is 21.6. The van der Waals surface area contributed by atoms with E-state index in [1.807, 2.05) is 13.8 Å². The van der Waals surface area contributed by atoms with Crippen molar-refractivity contribution in [1.82, 2.24) is 29.0 Å². The summed E-state index contributed by atoms with van der Waals surface area (Å²) in [5.41, 5.74) is -2.68. The SMILES string of the molecule is CC(C)C1CN(S(=O)(=O)c2cnn(C)c2)CC[C@@H]1Nc1ncc(C(F)(F)F)c(-c2ncc(C(C)(C)O)s2)n1. The third kappa shape index (κ3) is 5.84. The topological polar surface area (TPSA) is 126 Å². The fraction of sp³-hybridized carbons (Fsp3) is 0.565. The quantitative estimate of drug-likeness (QED) is 0.438. The van der Waals surface area contributed by atoms with Crippen LogP contribution in [0.5, 0.6) is 0 Å². The Morgan fingerprint density at radius 1 is 1.18 bits per heavy atom. The van der Waals surface area contributed by atoms with Crippen molar-refractivity contribution in [3.63, 3.8) is 0 Å². The molecule has 208 valence electrons. The van der Waals surface area contributed by atoms with E-state index in [1.54, 1.807) is 7.05 Å². The highest BCUT2D eigenvalue weighted by atomic mass is 32.2. The van der Waals surface area contributed by atoms with Crippen molar-refractivity contribution in [2.75, 3.05) is 18.4 Å². The zero-order chi connectivity index (χ0) is 28.0. The number of nitrogens with zero attached hydrogens (tertiary/aromatic N) is 6. The van der Waals surface area contributed by atoms with Crippen LogP contribution >= 0.6 is 11.3 Å². The molecule has 10 nitrogen and oxygen atoms in total. The van der Waals surface area contributed by atoms with E-state index in [9.17, 15) is 26.7 Å². The van der Waals surface area contributed by atoms with E-state index in [0.29, 0.717) is 11.3 Å². The van der Waals surface area contributed by atoms with Crippen molar-refractivity contribution in [2.24, 2.45) is 18.9 Å². The highest BCUT2D eigenvalue weighted by molar-refractivity contribution is 7.89. The Kier molecular flexibility index (Phi) is 7.60. The van der Waals surface area contributed by atoms with Crippen molar-refractivity contribution in [3.05, 3.63) is 35.2 Å². The van der Waals surface area contributed by atoms with Gasteiger partial charge in [-0.2, -0.15) is 22.6 Å². The molecule has 0 bridgehead atoms. The van der Waals surface area contributed by atoms with E-state index >= 15 is 0 Å². The Hall–Kier alpha value is -2.62. The van der Waals surface area contributed by atoms with Crippen molar-refractivity contribution < 1.29 is 26.7 Å². The van der Waals surface area contributed by atoms with Crippen LogP contribution in [0.2, 0.25) is 0 Å². The van der Waals surface area contributed by atoms with Gasteiger partial charge in [0.25, 0.3) is 0 Å². The molecule has 1 unspecified atom stereocenters. The molecule has 2 atom stereocenters. The van der Waals surface area contributed by atoms with Gasteiger partial charge < -0.3 is 10.4 Å². The maximum atomic E-state index is 13.8. The largest absolute Gasteiger partial charge is 0.420 e. The Morgan fingerprint density at radius 2 is 1.89 bits per heavy atom. The number of piperidine rings is 1. The van der Waals surface area contributed by atoms with Gasteiger partial charge in [-0.1, -0.05) is 13.8 Å². The number of nitrogens with one attached hydrogen (secondary N) is 1. The van der Waals surface area contributed by atoms with E-state index in [4.69, 9.17) is 0 Å². The molecule has 4 rings (SSSR count). The van der Waals surface area contributed by atoms with Gasteiger partial charge in [0.2, 0.25) is 16.0 Å². The van der Waals surface area contributed by atoms with E-state index in [2.05, 4.69) is 25.4 Å². The van der Waals surface area contributed by atoms with Crippen molar-refractivity contribution in [1.29, 1.82) is 0 Å². The Balaban J connectivity index is 1.61. The van der Waals surface area contributed by atoms with Crippen LogP contribution in [0.25, 0.3) is 10.7 Å². The predicted octanol–water partition coefficient (Wildman–Crippen LogP) is 3.73. The molecular weight excluding hydrogens is 543 g/mol. The number of thiazole rings is 1. The molecule has 1 fully saturated rings. The van der Waals surface area contributed by atoms with Crippen LogP contribution < -0.4 is 5.32 Å². The summed E-state index contributed by atoms with van der Waals surface area (Å²) in [4.78, 5) is 12.7. The molecule has 4 heterocycles. The monoisotopic (exact) mass is 573 g/mol. The first kappa shape index (κ1) is 28.4. The van der Waals surface area contributed by atoms with E-state index in [0.717, 1.165) is 17.5 Å². The van der Waals surface area contributed by atoms with Crippen molar-refractivity contribution >= 4 is 27.3 Å². The molecule has 2 N–H and O–H groups in total. The number of aliphatic hydroxyl groups is 1. The molecule has 1 aliphatic heterocycles. The fourth-order valence-electron chi connectivity index (χ4n) is 4.36. The van der Waals surface area contributed by atoms with Crippen molar-refractivity contribution in [2.45, 2.75) is 56.8 Å². The third-order valence-corrected chi connectivity index (χ3v) is 9.65. The highest BCUT2D eigenvalue weighted by Crippen LogP contribution is 2.39. The summed E-state index contributed by atoms with van der Waals surface area (Å²) in [5, 5.41) is 17.4. The Morgan fingerprint density at radius 3 is 2.45 bits per heavy atom. The average Bonchev–Trinajstić information content (AvgIpc) is 3.48. The van der Waals surface area contributed by atoms with Gasteiger partial charge in [0.05, 0.1) is 16.7 Å². The first-order valence-electron chi connectivity index (χ1n) is 12.0. The minimum atomic E-state index is -4.71. The second-order valence-corrected chi connectivity index (χ2v) is 13.2. The number of aromatic nitrogens is 5.